The summed E-state index contributed by atoms with van der Waals surface area (Å²) >= 11 is 1.36. The van der Waals surface area contributed by atoms with Gasteiger partial charge in [-0.25, -0.2) is 4.98 Å². The van der Waals surface area contributed by atoms with Crippen molar-refractivity contribution >= 4 is 33.8 Å². The number of piperazine rings is 2. The molecule has 0 saturated carbocycles. The molecule has 0 aliphatic carbocycles. The van der Waals surface area contributed by atoms with Gasteiger partial charge in [0.15, 0.2) is 5.13 Å². The minimum Gasteiger partial charge on any atom is -0.368 e. The lowest BCUT2D eigenvalue weighted by molar-refractivity contribution is -0.138. The first-order valence-electron chi connectivity index (χ1n) is 12.3. The molecule has 2 saturated heterocycles. The minimum absolute atomic E-state index is 0.218. The Morgan fingerprint density at radius 2 is 1.26 bits per heavy atom. The van der Waals surface area contributed by atoms with E-state index >= 15 is 0 Å². The molecule has 2 aliphatic rings. The molecule has 3 heterocycles. The van der Waals surface area contributed by atoms with E-state index in [0.717, 1.165) is 30.0 Å². The number of hydrogen-bond donors (Lipinski definition) is 0. The molecule has 1 amide bonds. The van der Waals surface area contributed by atoms with Crippen LogP contribution in [0.15, 0.2) is 53.9 Å². The van der Waals surface area contributed by atoms with Gasteiger partial charge < -0.3 is 19.6 Å². The minimum atomic E-state index is -4.41. The monoisotopic (exact) mass is 569 g/mol. The van der Waals surface area contributed by atoms with Crippen LogP contribution in [0.25, 0.3) is 0 Å². The highest BCUT2D eigenvalue weighted by molar-refractivity contribution is 7.13. The van der Waals surface area contributed by atoms with Gasteiger partial charge in [0.1, 0.15) is 5.69 Å². The van der Waals surface area contributed by atoms with Crippen molar-refractivity contribution in [1.82, 2.24) is 9.88 Å². The first-order chi connectivity index (χ1) is 18.5. The maximum Gasteiger partial charge on any atom is 0.416 e. The highest BCUT2D eigenvalue weighted by atomic mass is 32.1. The van der Waals surface area contributed by atoms with Crippen molar-refractivity contribution in [1.29, 1.82) is 0 Å². The zero-order chi connectivity index (χ0) is 27.8. The van der Waals surface area contributed by atoms with Crippen molar-refractivity contribution in [2.24, 2.45) is 0 Å². The van der Waals surface area contributed by atoms with Crippen LogP contribution in [-0.2, 0) is 12.4 Å². The molecule has 0 radical (unpaired) electrons. The molecular weight excluding hydrogens is 544 g/mol. The highest BCUT2D eigenvalue weighted by Crippen LogP contribution is 2.33. The van der Waals surface area contributed by atoms with Gasteiger partial charge in [-0.05, 0) is 42.5 Å². The third kappa shape index (κ3) is 6.07. The summed E-state index contributed by atoms with van der Waals surface area (Å²) < 4.78 is 77.6. The molecule has 1 aromatic heterocycles. The average Bonchev–Trinajstić information content (AvgIpc) is 3.43. The van der Waals surface area contributed by atoms with Crippen LogP contribution in [0.1, 0.15) is 21.6 Å². The number of benzene rings is 2. The van der Waals surface area contributed by atoms with Gasteiger partial charge in [0.2, 0.25) is 0 Å². The van der Waals surface area contributed by atoms with Crippen molar-refractivity contribution < 1.29 is 31.1 Å². The largest absolute Gasteiger partial charge is 0.416 e. The molecule has 2 fully saturated rings. The van der Waals surface area contributed by atoms with E-state index in [1.807, 2.05) is 14.7 Å². The van der Waals surface area contributed by atoms with Crippen LogP contribution in [0.3, 0.4) is 0 Å². The number of amides is 1. The molecule has 6 nitrogen and oxygen atoms in total. The molecule has 13 heteroatoms. The molecule has 0 bridgehead atoms. The third-order valence-corrected chi connectivity index (χ3v) is 7.83. The van der Waals surface area contributed by atoms with E-state index in [9.17, 15) is 31.1 Å². The number of hydrogen-bond acceptors (Lipinski definition) is 6. The molecule has 208 valence electrons. The van der Waals surface area contributed by atoms with Crippen molar-refractivity contribution in [3.8, 4) is 0 Å². The number of alkyl halides is 6. The molecule has 3 aromatic rings. The Labute approximate surface area is 225 Å². The summed E-state index contributed by atoms with van der Waals surface area (Å²) in [4.78, 5) is 25.1. The SMILES string of the molecule is O=C(c1csc(N2CCN(c3ccc(C(F)(F)F)cc3)CC2)n1)N1CCN(c2cccc(C(F)(F)F)c2)CC1. The zero-order valence-electron chi connectivity index (χ0n) is 20.7. The van der Waals surface area contributed by atoms with E-state index in [4.69, 9.17) is 0 Å². The van der Waals surface area contributed by atoms with E-state index in [0.29, 0.717) is 68.9 Å². The number of halogens is 6. The number of thiazole rings is 1. The molecule has 0 unspecified atom stereocenters. The second-order valence-corrected chi connectivity index (χ2v) is 10.2. The van der Waals surface area contributed by atoms with Gasteiger partial charge in [0.25, 0.3) is 5.91 Å². The number of nitrogens with zero attached hydrogens (tertiary/aromatic N) is 5. The Kier molecular flexibility index (Phi) is 7.36. The van der Waals surface area contributed by atoms with Crippen LogP contribution < -0.4 is 14.7 Å². The molecule has 2 aromatic carbocycles. The fourth-order valence-corrected chi connectivity index (χ4v) is 5.59. The number of anilines is 3. The van der Waals surface area contributed by atoms with Gasteiger partial charge >= 0.3 is 12.4 Å². The van der Waals surface area contributed by atoms with Gasteiger partial charge in [0.05, 0.1) is 11.1 Å². The molecule has 39 heavy (non-hydrogen) atoms. The van der Waals surface area contributed by atoms with Gasteiger partial charge in [-0.15, -0.1) is 11.3 Å². The van der Waals surface area contributed by atoms with Gasteiger partial charge in [-0.2, -0.15) is 26.3 Å². The van der Waals surface area contributed by atoms with Gasteiger partial charge in [-0.1, -0.05) is 6.07 Å². The molecule has 0 spiro atoms. The Bertz CT molecular complexity index is 1290. The maximum atomic E-state index is 13.1. The van der Waals surface area contributed by atoms with Gasteiger partial charge in [-0.3, -0.25) is 4.79 Å². The van der Waals surface area contributed by atoms with E-state index in [1.54, 1.807) is 16.3 Å². The Morgan fingerprint density at radius 3 is 1.87 bits per heavy atom. The number of carbonyl (C=O) groups excluding carboxylic acids is 1. The maximum absolute atomic E-state index is 13.1. The first-order valence-corrected chi connectivity index (χ1v) is 13.2. The summed E-state index contributed by atoms with van der Waals surface area (Å²) in [5.41, 5.74) is 0.147. The Hall–Kier alpha value is -3.48. The molecular formula is C26H25F6N5OS. The number of aromatic nitrogens is 1. The quantitative estimate of drug-likeness (QED) is 0.390. The van der Waals surface area contributed by atoms with Crippen molar-refractivity contribution in [2.45, 2.75) is 12.4 Å². The van der Waals surface area contributed by atoms with Crippen LogP contribution in [0.2, 0.25) is 0 Å². The van der Waals surface area contributed by atoms with E-state index < -0.39 is 23.5 Å². The molecule has 0 atom stereocenters. The Balaban J connectivity index is 1.14. The van der Waals surface area contributed by atoms with Gasteiger partial charge in [0, 0.05) is 69.1 Å². The average molecular weight is 570 g/mol. The summed E-state index contributed by atoms with van der Waals surface area (Å²) in [6, 6.07) is 10.3. The predicted octanol–water partition coefficient (Wildman–Crippen LogP) is 5.47. The fourth-order valence-electron chi connectivity index (χ4n) is 4.73. The summed E-state index contributed by atoms with van der Waals surface area (Å²) in [7, 11) is 0. The van der Waals surface area contributed by atoms with Crippen LogP contribution in [-0.4, -0.2) is 68.1 Å². The number of rotatable bonds is 4. The van der Waals surface area contributed by atoms with Crippen LogP contribution in [0.4, 0.5) is 42.8 Å². The topological polar surface area (TPSA) is 42.9 Å². The second-order valence-electron chi connectivity index (χ2n) is 9.36. The standard InChI is InChI=1S/C26H25F6N5OS/c27-25(28,29)18-4-6-20(7-5-18)34-10-14-37(15-11-34)24-33-22(17-39-24)23(38)36-12-8-35(9-13-36)21-3-1-2-19(16-21)26(30,31)32/h1-7,16-17H,8-15H2. The van der Waals surface area contributed by atoms with E-state index in [1.165, 1.54) is 29.5 Å². The lowest BCUT2D eigenvalue weighted by Crippen LogP contribution is -2.49. The lowest BCUT2D eigenvalue weighted by Gasteiger charge is -2.36. The normalized spacial score (nSPS) is 17.1. The Morgan fingerprint density at radius 1 is 0.692 bits per heavy atom. The third-order valence-electron chi connectivity index (χ3n) is 6.93. The second kappa shape index (κ2) is 10.6. The van der Waals surface area contributed by atoms with Crippen molar-refractivity contribution in [2.75, 3.05) is 67.1 Å². The summed E-state index contributed by atoms with van der Waals surface area (Å²) in [6.07, 6.45) is -8.78. The summed E-state index contributed by atoms with van der Waals surface area (Å²) in [6.45, 7) is 3.99. The predicted molar refractivity (Wildman–Crippen MR) is 138 cm³/mol. The van der Waals surface area contributed by atoms with Crippen molar-refractivity contribution in [3.63, 3.8) is 0 Å². The van der Waals surface area contributed by atoms with Crippen molar-refractivity contribution in [3.05, 3.63) is 70.7 Å². The van der Waals surface area contributed by atoms with E-state index in [-0.39, 0.29) is 5.91 Å². The van der Waals surface area contributed by atoms with Crippen LogP contribution >= 0.6 is 11.3 Å². The fraction of sp³-hybridized carbons (Fsp3) is 0.385. The molecule has 2 aliphatic heterocycles. The highest BCUT2D eigenvalue weighted by Gasteiger charge is 2.32. The smallest absolute Gasteiger partial charge is 0.368 e. The number of carbonyl (C=O) groups is 1. The van der Waals surface area contributed by atoms with E-state index in [2.05, 4.69) is 4.98 Å². The lowest BCUT2D eigenvalue weighted by atomic mass is 10.1. The molecule has 5 rings (SSSR count). The zero-order valence-corrected chi connectivity index (χ0v) is 21.5. The first kappa shape index (κ1) is 27.1. The summed E-state index contributed by atoms with van der Waals surface area (Å²) in [5, 5.41) is 2.41. The van der Waals surface area contributed by atoms with Crippen LogP contribution in [0, 0.1) is 0 Å². The van der Waals surface area contributed by atoms with Crippen LogP contribution in [0.5, 0.6) is 0 Å². The molecule has 0 N–H and O–H groups in total. The summed E-state index contributed by atoms with van der Waals surface area (Å²) in [5.74, 6) is -0.218.